The molecule has 0 radical (unpaired) electrons. The number of fused-ring (bicyclic) bond motifs is 1. The number of nitrogen functional groups attached to an aromatic ring is 1. The van der Waals surface area contributed by atoms with Crippen LogP contribution in [0.4, 0.5) is 5.82 Å². The minimum Gasteiger partial charge on any atom is -0.466 e. The Morgan fingerprint density at radius 3 is 2.95 bits per heavy atom. The molecule has 2 heterocycles. The highest BCUT2D eigenvalue weighted by molar-refractivity contribution is 5.89. The topological polar surface area (TPSA) is 134 Å². The highest BCUT2D eigenvalue weighted by Gasteiger charge is 2.25. The summed E-state index contributed by atoms with van der Waals surface area (Å²) in [5, 5.41) is 20.5. The van der Waals surface area contributed by atoms with Crippen LogP contribution >= 0.6 is 0 Å². The molecule has 2 unspecified atom stereocenters. The Bertz CT molecular complexity index is 613. The third-order valence-corrected chi connectivity index (χ3v) is 2.89. The standard InChI is InChI=1S/C12H16N4O4/c1-2-20-8(18)3-7(17)10(19)6-4-14-12-9(6)11(13)15-5-16-12/h4-5,7,10,17,19H,2-3H2,1H3,(H3,13,14,15,16). The van der Waals surface area contributed by atoms with Crippen molar-refractivity contribution in [1.29, 1.82) is 0 Å². The average Bonchev–Trinajstić information content (AvgIpc) is 2.83. The molecule has 8 nitrogen and oxygen atoms in total. The van der Waals surface area contributed by atoms with Gasteiger partial charge in [-0.05, 0) is 6.92 Å². The summed E-state index contributed by atoms with van der Waals surface area (Å²) in [6.07, 6.45) is -0.127. The number of nitrogens with two attached hydrogens (primary N) is 1. The van der Waals surface area contributed by atoms with Gasteiger partial charge >= 0.3 is 5.97 Å². The number of aromatic nitrogens is 3. The number of hydrogen-bond donors (Lipinski definition) is 4. The molecule has 2 rings (SSSR count). The second-order valence-corrected chi connectivity index (χ2v) is 4.25. The first-order valence-electron chi connectivity index (χ1n) is 6.13. The zero-order valence-electron chi connectivity index (χ0n) is 10.9. The van der Waals surface area contributed by atoms with Gasteiger partial charge in [-0.2, -0.15) is 0 Å². The van der Waals surface area contributed by atoms with E-state index in [0.717, 1.165) is 0 Å². The molecular formula is C12H16N4O4. The molecule has 108 valence electrons. The minimum absolute atomic E-state index is 0.189. The van der Waals surface area contributed by atoms with Crippen molar-refractivity contribution in [2.24, 2.45) is 0 Å². The summed E-state index contributed by atoms with van der Waals surface area (Å²) in [6, 6.07) is 0. The minimum atomic E-state index is -1.30. The Kier molecular flexibility index (Phi) is 4.16. The van der Waals surface area contributed by atoms with Gasteiger partial charge in [0.2, 0.25) is 0 Å². The van der Waals surface area contributed by atoms with Gasteiger partial charge in [0.15, 0.2) is 0 Å². The molecule has 0 saturated carbocycles. The summed E-state index contributed by atoms with van der Waals surface area (Å²) in [4.78, 5) is 21.9. The lowest BCUT2D eigenvalue weighted by Crippen LogP contribution is -2.23. The largest absolute Gasteiger partial charge is 0.466 e. The molecule has 2 atom stereocenters. The number of anilines is 1. The molecule has 0 aromatic carbocycles. The van der Waals surface area contributed by atoms with Gasteiger partial charge in [-0.1, -0.05) is 0 Å². The first-order valence-corrected chi connectivity index (χ1v) is 6.13. The van der Waals surface area contributed by atoms with E-state index in [9.17, 15) is 15.0 Å². The van der Waals surface area contributed by atoms with E-state index in [1.807, 2.05) is 0 Å². The van der Waals surface area contributed by atoms with Crippen molar-refractivity contribution in [3.05, 3.63) is 18.1 Å². The van der Waals surface area contributed by atoms with E-state index >= 15 is 0 Å². The summed E-state index contributed by atoms with van der Waals surface area (Å²) in [5.74, 6) is -0.392. The maximum Gasteiger partial charge on any atom is 0.308 e. The Balaban J connectivity index is 2.23. The molecule has 20 heavy (non-hydrogen) atoms. The molecule has 0 bridgehead atoms. The van der Waals surface area contributed by atoms with E-state index in [-0.39, 0.29) is 18.8 Å². The molecule has 8 heteroatoms. The Labute approximate surface area is 114 Å². The molecule has 0 aliphatic heterocycles. The van der Waals surface area contributed by atoms with E-state index in [1.54, 1.807) is 6.92 Å². The first-order chi connectivity index (χ1) is 9.54. The quantitative estimate of drug-likeness (QED) is 0.561. The van der Waals surface area contributed by atoms with Gasteiger partial charge in [0.25, 0.3) is 0 Å². The molecular weight excluding hydrogens is 264 g/mol. The van der Waals surface area contributed by atoms with Crippen molar-refractivity contribution in [3.8, 4) is 0 Å². The molecule has 0 fully saturated rings. The van der Waals surface area contributed by atoms with E-state index in [0.29, 0.717) is 16.6 Å². The molecule has 0 amide bonds. The van der Waals surface area contributed by atoms with Crippen LogP contribution in [0.25, 0.3) is 11.0 Å². The normalized spacial score (nSPS) is 14.2. The van der Waals surface area contributed by atoms with Gasteiger partial charge in [0.05, 0.1) is 24.5 Å². The number of nitrogens with zero attached hydrogens (tertiary/aromatic N) is 2. The van der Waals surface area contributed by atoms with E-state index < -0.39 is 18.2 Å². The van der Waals surface area contributed by atoms with Crippen LogP contribution in [0.2, 0.25) is 0 Å². The number of rotatable bonds is 5. The molecule has 0 aliphatic rings. The monoisotopic (exact) mass is 280 g/mol. The molecule has 5 N–H and O–H groups in total. The smallest absolute Gasteiger partial charge is 0.308 e. The number of carbonyl (C=O) groups is 1. The van der Waals surface area contributed by atoms with Crippen LogP contribution in [0.15, 0.2) is 12.5 Å². The summed E-state index contributed by atoms with van der Waals surface area (Å²) < 4.78 is 4.72. The second-order valence-electron chi connectivity index (χ2n) is 4.25. The summed E-state index contributed by atoms with van der Waals surface area (Å²) in [7, 11) is 0. The molecule has 0 aliphatic carbocycles. The molecule has 0 saturated heterocycles. The van der Waals surface area contributed by atoms with Crippen LogP contribution in [0.3, 0.4) is 0 Å². The van der Waals surface area contributed by atoms with Crippen LogP contribution in [0.1, 0.15) is 25.0 Å². The third kappa shape index (κ3) is 2.70. The molecule has 2 aromatic heterocycles. The van der Waals surface area contributed by atoms with Crippen LogP contribution in [-0.4, -0.2) is 43.8 Å². The van der Waals surface area contributed by atoms with Gasteiger partial charge < -0.3 is 25.7 Å². The van der Waals surface area contributed by atoms with Crippen molar-refractivity contribution < 1.29 is 19.7 Å². The zero-order valence-corrected chi connectivity index (χ0v) is 10.9. The van der Waals surface area contributed by atoms with Crippen molar-refractivity contribution in [3.63, 3.8) is 0 Å². The zero-order chi connectivity index (χ0) is 14.7. The maximum absolute atomic E-state index is 11.3. The maximum atomic E-state index is 11.3. The highest BCUT2D eigenvalue weighted by atomic mass is 16.5. The second kappa shape index (κ2) is 5.85. The fourth-order valence-corrected chi connectivity index (χ4v) is 1.95. The Morgan fingerprint density at radius 1 is 1.50 bits per heavy atom. The number of aliphatic hydroxyl groups excluding tert-OH is 2. The van der Waals surface area contributed by atoms with Crippen molar-refractivity contribution in [2.45, 2.75) is 25.6 Å². The average molecular weight is 280 g/mol. The number of aromatic amines is 1. The Hall–Kier alpha value is -2.19. The summed E-state index contributed by atoms with van der Waals surface area (Å²) in [5.41, 5.74) is 6.53. The van der Waals surface area contributed by atoms with E-state index in [2.05, 4.69) is 15.0 Å². The Morgan fingerprint density at radius 2 is 2.25 bits per heavy atom. The van der Waals surface area contributed by atoms with Crippen LogP contribution in [0, 0.1) is 0 Å². The number of carbonyl (C=O) groups excluding carboxylic acids is 1. The lowest BCUT2D eigenvalue weighted by Gasteiger charge is -2.16. The lowest BCUT2D eigenvalue weighted by atomic mass is 10.0. The third-order valence-electron chi connectivity index (χ3n) is 2.89. The fraction of sp³-hybridized carbons (Fsp3) is 0.417. The van der Waals surface area contributed by atoms with Crippen LogP contribution in [0.5, 0.6) is 0 Å². The predicted octanol–water partition coefficient (Wildman–Crippen LogP) is -0.112. The van der Waals surface area contributed by atoms with E-state index in [1.165, 1.54) is 12.5 Å². The van der Waals surface area contributed by atoms with Crippen molar-refractivity contribution in [2.75, 3.05) is 12.3 Å². The number of esters is 1. The summed E-state index contributed by atoms with van der Waals surface area (Å²) in [6.45, 7) is 1.88. The van der Waals surface area contributed by atoms with E-state index in [4.69, 9.17) is 10.5 Å². The number of H-pyrrole nitrogens is 1. The van der Waals surface area contributed by atoms with Gasteiger partial charge in [-0.3, -0.25) is 4.79 Å². The number of nitrogens with one attached hydrogen (secondary N) is 1. The van der Waals surface area contributed by atoms with Gasteiger partial charge in [-0.25, -0.2) is 9.97 Å². The fourth-order valence-electron chi connectivity index (χ4n) is 1.95. The highest BCUT2D eigenvalue weighted by Crippen LogP contribution is 2.29. The number of ether oxygens (including phenoxy) is 1. The SMILES string of the molecule is CCOC(=O)CC(O)C(O)c1c[nH]c2ncnc(N)c12. The van der Waals surface area contributed by atoms with Crippen LogP contribution < -0.4 is 5.73 Å². The first kappa shape index (κ1) is 14.2. The number of aliphatic hydroxyl groups is 2. The predicted molar refractivity (Wildman–Crippen MR) is 70.5 cm³/mol. The van der Waals surface area contributed by atoms with Crippen LogP contribution in [-0.2, 0) is 9.53 Å². The van der Waals surface area contributed by atoms with Crippen molar-refractivity contribution >= 4 is 22.8 Å². The lowest BCUT2D eigenvalue weighted by molar-refractivity contribution is -0.147. The van der Waals surface area contributed by atoms with Gasteiger partial charge in [0, 0.05) is 11.8 Å². The molecule has 0 spiro atoms. The van der Waals surface area contributed by atoms with Gasteiger partial charge in [0.1, 0.15) is 23.9 Å². The number of hydrogen-bond acceptors (Lipinski definition) is 7. The summed E-state index contributed by atoms with van der Waals surface area (Å²) >= 11 is 0. The molecule has 2 aromatic rings. The van der Waals surface area contributed by atoms with Gasteiger partial charge in [-0.15, -0.1) is 0 Å². The van der Waals surface area contributed by atoms with Crippen molar-refractivity contribution in [1.82, 2.24) is 15.0 Å².